The Hall–Kier alpha value is -2.86. The Kier molecular flexibility index (Phi) is 5.41. The van der Waals surface area contributed by atoms with Crippen molar-refractivity contribution in [1.82, 2.24) is 9.80 Å². The number of carbonyl (C=O) groups is 2. The molecule has 2 N–H and O–H groups in total. The predicted molar refractivity (Wildman–Crippen MR) is 124 cm³/mol. The van der Waals surface area contributed by atoms with E-state index in [1.807, 2.05) is 36.4 Å². The fraction of sp³-hybridized carbons (Fsp3) is 0.462. The van der Waals surface area contributed by atoms with Crippen molar-refractivity contribution in [3.63, 3.8) is 0 Å². The fourth-order valence-electron chi connectivity index (χ4n) is 5.47. The predicted octanol–water partition coefficient (Wildman–Crippen LogP) is 3.53. The van der Waals surface area contributed by atoms with Crippen LogP contribution in [0.4, 0.5) is 5.69 Å². The topological polar surface area (TPSA) is 72.9 Å². The standard InChI is InChI=1S/C26H31N3O3/c1-28(2)25(31)19-8-4-7-17(13-19)18-9-10-22-21(14-18)24-20(23(15-30)27-22)11-12-29(24)26(32)16-5-3-6-16/h4,7-10,13-14,16,20,23-24,27,30H,3,5-6,11-12,15H2,1-2H3/t20-,23-,24-/m1/s1. The van der Waals surface area contributed by atoms with Gasteiger partial charge in [-0.3, -0.25) is 9.59 Å². The first-order valence-corrected chi connectivity index (χ1v) is 11.6. The van der Waals surface area contributed by atoms with E-state index in [-0.39, 0.29) is 42.3 Å². The Balaban J connectivity index is 1.53. The molecule has 2 amide bonds. The number of likely N-dealkylation sites (tertiary alicyclic amines) is 1. The molecule has 32 heavy (non-hydrogen) atoms. The monoisotopic (exact) mass is 433 g/mol. The molecular weight excluding hydrogens is 402 g/mol. The average Bonchev–Trinajstić information content (AvgIpc) is 3.22. The van der Waals surface area contributed by atoms with Gasteiger partial charge in [0.2, 0.25) is 5.91 Å². The van der Waals surface area contributed by atoms with Crippen LogP contribution in [0.2, 0.25) is 0 Å². The third-order valence-electron chi connectivity index (χ3n) is 7.46. The van der Waals surface area contributed by atoms with Crippen LogP contribution in [0.1, 0.15) is 47.6 Å². The summed E-state index contributed by atoms with van der Waals surface area (Å²) < 4.78 is 0. The van der Waals surface area contributed by atoms with Gasteiger partial charge in [-0.05, 0) is 60.2 Å². The van der Waals surface area contributed by atoms with Crippen molar-refractivity contribution in [2.75, 3.05) is 32.6 Å². The number of fused-ring (bicyclic) bond motifs is 3. The zero-order valence-electron chi connectivity index (χ0n) is 18.8. The Bertz CT molecular complexity index is 1050. The largest absolute Gasteiger partial charge is 0.394 e. The molecule has 2 heterocycles. The second kappa shape index (κ2) is 8.24. The molecule has 2 aromatic rings. The molecule has 0 bridgehead atoms. The lowest BCUT2D eigenvalue weighted by molar-refractivity contribution is -0.139. The molecule has 1 saturated carbocycles. The molecule has 5 rings (SSSR count). The van der Waals surface area contributed by atoms with Gasteiger partial charge in [-0.1, -0.05) is 24.6 Å². The minimum Gasteiger partial charge on any atom is -0.394 e. The molecule has 6 nitrogen and oxygen atoms in total. The van der Waals surface area contributed by atoms with E-state index in [4.69, 9.17) is 0 Å². The quantitative estimate of drug-likeness (QED) is 0.774. The molecule has 0 unspecified atom stereocenters. The zero-order valence-corrected chi connectivity index (χ0v) is 18.8. The first-order valence-electron chi connectivity index (χ1n) is 11.6. The van der Waals surface area contributed by atoms with Crippen LogP contribution in [-0.2, 0) is 4.79 Å². The van der Waals surface area contributed by atoms with E-state index in [2.05, 4.69) is 16.3 Å². The van der Waals surface area contributed by atoms with Gasteiger partial charge in [-0.25, -0.2) is 0 Å². The van der Waals surface area contributed by atoms with Crippen molar-refractivity contribution in [2.24, 2.45) is 11.8 Å². The molecule has 0 radical (unpaired) electrons. The van der Waals surface area contributed by atoms with Crippen molar-refractivity contribution in [2.45, 2.75) is 37.8 Å². The number of benzene rings is 2. The molecule has 6 heteroatoms. The van der Waals surface area contributed by atoms with Crippen LogP contribution in [0.25, 0.3) is 11.1 Å². The average molecular weight is 434 g/mol. The number of hydrogen-bond acceptors (Lipinski definition) is 4. The molecule has 2 aromatic carbocycles. The summed E-state index contributed by atoms with van der Waals surface area (Å²) in [5.41, 5.74) is 4.78. The Morgan fingerprint density at radius 3 is 2.56 bits per heavy atom. The normalized spacial score (nSPS) is 24.2. The van der Waals surface area contributed by atoms with Crippen LogP contribution in [0.3, 0.4) is 0 Å². The van der Waals surface area contributed by atoms with E-state index in [0.717, 1.165) is 54.6 Å². The number of aliphatic hydroxyl groups is 1. The van der Waals surface area contributed by atoms with Crippen molar-refractivity contribution in [3.05, 3.63) is 53.6 Å². The van der Waals surface area contributed by atoms with E-state index < -0.39 is 0 Å². The number of hydrogen-bond donors (Lipinski definition) is 2. The highest BCUT2D eigenvalue weighted by Gasteiger charge is 2.47. The Morgan fingerprint density at radius 2 is 1.88 bits per heavy atom. The van der Waals surface area contributed by atoms with Gasteiger partial charge in [0.25, 0.3) is 5.91 Å². The maximum atomic E-state index is 13.2. The smallest absolute Gasteiger partial charge is 0.253 e. The van der Waals surface area contributed by atoms with Gasteiger partial charge in [-0.2, -0.15) is 0 Å². The molecule has 3 aliphatic rings. The lowest BCUT2D eigenvalue weighted by Gasteiger charge is -2.41. The van der Waals surface area contributed by atoms with E-state index in [0.29, 0.717) is 5.56 Å². The summed E-state index contributed by atoms with van der Waals surface area (Å²) in [5, 5.41) is 13.5. The number of rotatable bonds is 4. The van der Waals surface area contributed by atoms with Crippen LogP contribution >= 0.6 is 0 Å². The summed E-state index contributed by atoms with van der Waals surface area (Å²) in [5.74, 6) is 0.618. The maximum absolute atomic E-state index is 13.2. The molecule has 2 aliphatic heterocycles. The van der Waals surface area contributed by atoms with Gasteiger partial charge in [0.1, 0.15) is 0 Å². The summed E-state index contributed by atoms with van der Waals surface area (Å²) in [7, 11) is 3.51. The number of aliphatic hydroxyl groups excluding tert-OH is 1. The summed E-state index contributed by atoms with van der Waals surface area (Å²) in [4.78, 5) is 29.3. The molecule has 3 atom stereocenters. The first-order chi connectivity index (χ1) is 15.5. The lowest BCUT2D eigenvalue weighted by atomic mass is 9.80. The highest BCUT2D eigenvalue weighted by atomic mass is 16.3. The maximum Gasteiger partial charge on any atom is 0.253 e. The molecule has 0 spiro atoms. The van der Waals surface area contributed by atoms with Crippen molar-refractivity contribution in [3.8, 4) is 11.1 Å². The van der Waals surface area contributed by atoms with Gasteiger partial charge in [0.05, 0.1) is 18.7 Å². The first kappa shape index (κ1) is 21.0. The second-order valence-electron chi connectivity index (χ2n) is 9.57. The number of nitrogens with one attached hydrogen (secondary N) is 1. The molecule has 168 valence electrons. The SMILES string of the molecule is CN(C)C(=O)c1cccc(-c2ccc3c(c2)[C@H]2[C@H](CCN2C(=O)C2CCC2)[C@@H](CO)N3)c1. The number of nitrogens with zero attached hydrogens (tertiary/aromatic N) is 2. The van der Waals surface area contributed by atoms with Gasteiger partial charge in [0, 0.05) is 43.7 Å². The van der Waals surface area contributed by atoms with E-state index >= 15 is 0 Å². The zero-order chi connectivity index (χ0) is 22.4. The molecular formula is C26H31N3O3. The fourth-order valence-corrected chi connectivity index (χ4v) is 5.47. The highest BCUT2D eigenvalue weighted by Crippen LogP contribution is 2.48. The highest BCUT2D eigenvalue weighted by molar-refractivity contribution is 5.95. The minimum absolute atomic E-state index is 0.0111. The van der Waals surface area contributed by atoms with Crippen LogP contribution in [0.5, 0.6) is 0 Å². The van der Waals surface area contributed by atoms with Crippen LogP contribution < -0.4 is 5.32 Å². The summed E-state index contributed by atoms with van der Waals surface area (Å²) in [6, 6.07) is 13.9. The van der Waals surface area contributed by atoms with Gasteiger partial charge in [-0.15, -0.1) is 0 Å². The van der Waals surface area contributed by atoms with Crippen molar-refractivity contribution in [1.29, 1.82) is 0 Å². The van der Waals surface area contributed by atoms with Gasteiger partial charge < -0.3 is 20.2 Å². The summed E-state index contributed by atoms with van der Waals surface area (Å²) in [6.45, 7) is 0.807. The van der Waals surface area contributed by atoms with Crippen molar-refractivity contribution >= 4 is 17.5 Å². The summed E-state index contributed by atoms with van der Waals surface area (Å²) in [6.07, 6.45) is 4.03. The Labute approximate surface area is 189 Å². The molecule has 1 saturated heterocycles. The third-order valence-corrected chi connectivity index (χ3v) is 7.46. The number of carbonyl (C=O) groups excluding carboxylic acids is 2. The van der Waals surface area contributed by atoms with E-state index in [1.54, 1.807) is 19.0 Å². The van der Waals surface area contributed by atoms with Crippen LogP contribution in [0.15, 0.2) is 42.5 Å². The summed E-state index contributed by atoms with van der Waals surface area (Å²) >= 11 is 0. The number of anilines is 1. The van der Waals surface area contributed by atoms with E-state index in [1.165, 1.54) is 0 Å². The molecule has 0 aromatic heterocycles. The van der Waals surface area contributed by atoms with Crippen molar-refractivity contribution < 1.29 is 14.7 Å². The van der Waals surface area contributed by atoms with Gasteiger partial charge in [0.15, 0.2) is 0 Å². The number of amides is 2. The van der Waals surface area contributed by atoms with Gasteiger partial charge >= 0.3 is 0 Å². The minimum atomic E-state index is -0.0430. The molecule has 2 fully saturated rings. The van der Waals surface area contributed by atoms with E-state index in [9.17, 15) is 14.7 Å². The third kappa shape index (κ3) is 3.47. The Morgan fingerprint density at radius 1 is 1.09 bits per heavy atom. The van der Waals surface area contributed by atoms with Crippen LogP contribution in [0, 0.1) is 11.8 Å². The lowest BCUT2D eigenvalue weighted by Crippen LogP contribution is -2.45. The molecule has 1 aliphatic carbocycles. The second-order valence-corrected chi connectivity index (χ2v) is 9.57. The van der Waals surface area contributed by atoms with Crippen LogP contribution in [-0.4, -0.2) is 60.0 Å².